The van der Waals surface area contributed by atoms with Gasteiger partial charge in [-0.15, -0.1) is 0 Å². The van der Waals surface area contributed by atoms with Crippen LogP contribution in [-0.2, 0) is 19.6 Å². The fourth-order valence-corrected chi connectivity index (χ4v) is 3.65. The van der Waals surface area contributed by atoms with E-state index in [4.69, 9.17) is 21.1 Å². The minimum atomic E-state index is -3.76. The Morgan fingerprint density at radius 1 is 1.23 bits per heavy atom. The highest BCUT2D eigenvalue weighted by Gasteiger charge is 2.17. The van der Waals surface area contributed by atoms with Crippen LogP contribution in [0.1, 0.15) is 5.56 Å². The lowest BCUT2D eigenvalue weighted by molar-refractivity contribution is -0.384. The average molecular weight is 458 g/mol. The summed E-state index contributed by atoms with van der Waals surface area (Å²) >= 11 is 6.07. The molecule has 2 rings (SSSR count). The fraction of sp³-hybridized carbons (Fsp3) is 0.278. The lowest BCUT2D eigenvalue weighted by atomic mass is 10.2. The summed E-state index contributed by atoms with van der Waals surface area (Å²) in [5, 5.41) is 13.4. The molecule has 12 heteroatoms. The predicted molar refractivity (Wildman–Crippen MR) is 110 cm³/mol. The van der Waals surface area contributed by atoms with Gasteiger partial charge in [0, 0.05) is 25.8 Å². The Hall–Kier alpha value is -2.73. The minimum Gasteiger partial charge on any atom is -0.482 e. The van der Waals surface area contributed by atoms with E-state index in [-0.39, 0.29) is 40.2 Å². The number of hydrogen-bond acceptors (Lipinski definition) is 7. The van der Waals surface area contributed by atoms with Crippen molar-refractivity contribution in [3.63, 3.8) is 0 Å². The highest BCUT2D eigenvalue weighted by Crippen LogP contribution is 2.27. The maximum absolute atomic E-state index is 12.2. The zero-order valence-electron chi connectivity index (χ0n) is 16.2. The van der Waals surface area contributed by atoms with Crippen LogP contribution in [0.4, 0.5) is 11.4 Å². The van der Waals surface area contributed by atoms with Crippen molar-refractivity contribution in [2.45, 2.75) is 11.8 Å². The molecule has 0 bridgehead atoms. The highest BCUT2D eigenvalue weighted by molar-refractivity contribution is 7.89. The summed E-state index contributed by atoms with van der Waals surface area (Å²) < 4.78 is 36.8. The van der Waals surface area contributed by atoms with Crippen LogP contribution in [-0.4, -0.2) is 46.1 Å². The molecule has 30 heavy (non-hydrogen) atoms. The molecule has 2 aromatic rings. The van der Waals surface area contributed by atoms with Crippen LogP contribution in [0.25, 0.3) is 0 Å². The third-order valence-corrected chi connectivity index (χ3v) is 5.63. The zero-order valence-corrected chi connectivity index (χ0v) is 17.7. The van der Waals surface area contributed by atoms with Crippen molar-refractivity contribution in [1.29, 1.82) is 0 Å². The molecule has 0 heterocycles. The van der Waals surface area contributed by atoms with E-state index >= 15 is 0 Å². The molecule has 2 N–H and O–H groups in total. The first-order chi connectivity index (χ1) is 14.1. The number of halogens is 1. The van der Waals surface area contributed by atoms with Gasteiger partial charge in [-0.2, -0.15) is 0 Å². The van der Waals surface area contributed by atoms with Crippen molar-refractivity contribution >= 4 is 38.9 Å². The largest absolute Gasteiger partial charge is 0.482 e. The van der Waals surface area contributed by atoms with E-state index in [1.807, 2.05) is 0 Å². The first-order valence-corrected chi connectivity index (χ1v) is 10.5. The topological polar surface area (TPSA) is 137 Å². The number of rotatable bonds is 10. The molecule has 0 aliphatic rings. The number of benzene rings is 2. The van der Waals surface area contributed by atoms with Gasteiger partial charge in [-0.05, 0) is 30.7 Å². The van der Waals surface area contributed by atoms with Crippen LogP contribution >= 0.6 is 11.6 Å². The molecule has 10 nitrogen and oxygen atoms in total. The number of nitro groups is 1. The van der Waals surface area contributed by atoms with Gasteiger partial charge < -0.3 is 14.8 Å². The standard InChI is InChI=1S/C18H20ClN3O7S/c1-12-3-4-13(22(24)25)9-16(12)21-18(23)11-29-17-6-5-14(10-15(17)19)30(26,27)20-7-8-28-2/h3-6,9-10,20H,7-8,11H2,1-2H3,(H,21,23). The zero-order chi connectivity index (χ0) is 22.3. The van der Waals surface area contributed by atoms with E-state index in [1.165, 1.54) is 43.5 Å². The quantitative estimate of drug-likeness (QED) is 0.317. The third-order valence-electron chi connectivity index (χ3n) is 3.88. The van der Waals surface area contributed by atoms with E-state index in [2.05, 4.69) is 10.0 Å². The van der Waals surface area contributed by atoms with Crippen LogP contribution in [0.3, 0.4) is 0 Å². The van der Waals surface area contributed by atoms with Gasteiger partial charge in [0.25, 0.3) is 11.6 Å². The Kier molecular flexibility index (Phi) is 8.12. The monoisotopic (exact) mass is 457 g/mol. The van der Waals surface area contributed by atoms with E-state index in [1.54, 1.807) is 6.92 Å². The molecule has 2 aromatic carbocycles. The number of non-ortho nitro benzene ring substituents is 1. The second-order valence-electron chi connectivity index (χ2n) is 6.08. The molecule has 0 aliphatic heterocycles. The normalized spacial score (nSPS) is 11.2. The first-order valence-electron chi connectivity index (χ1n) is 8.60. The van der Waals surface area contributed by atoms with Crippen LogP contribution in [0.2, 0.25) is 5.02 Å². The summed E-state index contributed by atoms with van der Waals surface area (Å²) in [5.74, 6) is -0.453. The number of carbonyl (C=O) groups excluding carboxylic acids is 1. The van der Waals surface area contributed by atoms with Crippen molar-refractivity contribution in [2.24, 2.45) is 0 Å². The number of carbonyl (C=O) groups is 1. The van der Waals surface area contributed by atoms with Gasteiger partial charge in [-0.25, -0.2) is 13.1 Å². The molecule has 0 radical (unpaired) electrons. The SMILES string of the molecule is COCCNS(=O)(=O)c1ccc(OCC(=O)Nc2cc([N+](=O)[O-])ccc2C)c(Cl)c1. The second kappa shape index (κ2) is 10.3. The van der Waals surface area contributed by atoms with Gasteiger partial charge in [0.2, 0.25) is 10.0 Å². The lowest BCUT2D eigenvalue weighted by Crippen LogP contribution is -2.27. The second-order valence-corrected chi connectivity index (χ2v) is 8.25. The van der Waals surface area contributed by atoms with E-state index in [0.29, 0.717) is 5.56 Å². The van der Waals surface area contributed by atoms with E-state index in [9.17, 15) is 23.3 Å². The molecular formula is C18H20ClN3O7S. The maximum atomic E-state index is 12.2. The predicted octanol–water partition coefficient (Wildman–Crippen LogP) is 2.50. The van der Waals surface area contributed by atoms with Gasteiger partial charge in [0.05, 0.1) is 27.1 Å². The number of nitrogens with one attached hydrogen (secondary N) is 2. The summed E-state index contributed by atoms with van der Waals surface area (Å²) in [5.41, 5.74) is 0.769. The summed E-state index contributed by atoms with van der Waals surface area (Å²) in [6.07, 6.45) is 0. The van der Waals surface area contributed by atoms with Crippen molar-refractivity contribution in [3.05, 3.63) is 57.1 Å². The van der Waals surface area contributed by atoms with E-state index < -0.39 is 27.5 Å². The first kappa shape index (κ1) is 23.5. The number of amides is 1. The number of anilines is 1. The number of nitro benzene ring substituents is 1. The highest BCUT2D eigenvalue weighted by atomic mass is 35.5. The minimum absolute atomic E-state index is 0.00365. The van der Waals surface area contributed by atoms with Gasteiger partial charge in [0.15, 0.2) is 6.61 Å². The molecule has 0 spiro atoms. The van der Waals surface area contributed by atoms with Gasteiger partial charge in [-0.1, -0.05) is 17.7 Å². The molecule has 162 valence electrons. The Morgan fingerprint density at radius 2 is 1.97 bits per heavy atom. The summed E-state index contributed by atoms with van der Waals surface area (Å²) in [4.78, 5) is 22.4. The Bertz CT molecular complexity index is 1040. The number of ether oxygens (including phenoxy) is 2. The molecule has 0 aromatic heterocycles. The molecule has 0 aliphatic carbocycles. The van der Waals surface area contributed by atoms with Crippen LogP contribution in [0.5, 0.6) is 5.75 Å². The fourth-order valence-electron chi connectivity index (χ4n) is 2.32. The lowest BCUT2D eigenvalue weighted by Gasteiger charge is -2.12. The Morgan fingerprint density at radius 3 is 2.60 bits per heavy atom. The van der Waals surface area contributed by atoms with Crippen LogP contribution in [0, 0.1) is 17.0 Å². The third kappa shape index (κ3) is 6.39. The molecular weight excluding hydrogens is 438 g/mol. The van der Waals surface area contributed by atoms with Crippen molar-refractivity contribution < 1.29 is 27.6 Å². The summed E-state index contributed by atoms with van der Waals surface area (Å²) in [6, 6.07) is 7.93. The number of hydrogen-bond donors (Lipinski definition) is 2. The maximum Gasteiger partial charge on any atom is 0.271 e. The molecule has 0 saturated heterocycles. The number of aryl methyl sites for hydroxylation is 1. The number of methoxy groups -OCH3 is 1. The van der Waals surface area contributed by atoms with E-state index in [0.717, 1.165) is 0 Å². The van der Waals surface area contributed by atoms with Crippen LogP contribution in [0.15, 0.2) is 41.3 Å². The summed E-state index contributed by atoms with van der Waals surface area (Å²) in [6.45, 7) is 1.58. The molecule has 0 saturated carbocycles. The number of nitrogens with zero attached hydrogens (tertiary/aromatic N) is 1. The van der Waals surface area contributed by atoms with Gasteiger partial charge >= 0.3 is 0 Å². The molecule has 0 atom stereocenters. The van der Waals surface area contributed by atoms with Crippen molar-refractivity contribution in [3.8, 4) is 5.75 Å². The molecule has 1 amide bonds. The Balaban J connectivity index is 2.02. The molecule has 0 fully saturated rings. The average Bonchev–Trinajstić information content (AvgIpc) is 2.68. The van der Waals surface area contributed by atoms with Crippen LogP contribution < -0.4 is 14.8 Å². The Labute approximate surface area is 178 Å². The summed E-state index contributed by atoms with van der Waals surface area (Å²) in [7, 11) is -2.31. The molecule has 0 unspecified atom stereocenters. The van der Waals surface area contributed by atoms with Gasteiger partial charge in [0.1, 0.15) is 5.75 Å². The van der Waals surface area contributed by atoms with Gasteiger partial charge in [-0.3, -0.25) is 14.9 Å². The van der Waals surface area contributed by atoms with Crippen molar-refractivity contribution in [1.82, 2.24) is 4.72 Å². The van der Waals surface area contributed by atoms with Crippen molar-refractivity contribution in [2.75, 3.05) is 32.2 Å². The number of sulfonamides is 1. The smallest absolute Gasteiger partial charge is 0.271 e.